The minimum Gasteiger partial charge on any atom is -0.382 e. The zero-order chi connectivity index (χ0) is 12.5. The van der Waals surface area contributed by atoms with Gasteiger partial charge in [-0.25, -0.2) is 0 Å². The van der Waals surface area contributed by atoms with Crippen molar-refractivity contribution >= 4 is 5.69 Å². The molecule has 1 heteroatoms. The Morgan fingerprint density at radius 2 is 1.94 bits per heavy atom. The Hall–Kier alpha value is -0.980. The third-order valence-electron chi connectivity index (χ3n) is 4.23. The Balaban J connectivity index is 2.16. The monoisotopic (exact) mass is 231 g/mol. The number of aryl methyl sites for hydroxylation is 2. The number of benzene rings is 1. The molecule has 2 rings (SSSR count). The molecule has 1 aromatic carbocycles. The van der Waals surface area contributed by atoms with Gasteiger partial charge in [-0.2, -0.15) is 0 Å². The van der Waals surface area contributed by atoms with Crippen molar-refractivity contribution in [1.82, 2.24) is 0 Å². The Morgan fingerprint density at radius 3 is 2.65 bits per heavy atom. The SMILES string of the molecule is Cc1ccc(C)c(NC2CCCCC2(C)C)c1. The summed E-state index contributed by atoms with van der Waals surface area (Å²) in [6, 6.07) is 7.30. The highest BCUT2D eigenvalue weighted by Gasteiger charge is 2.32. The van der Waals surface area contributed by atoms with Crippen molar-refractivity contribution in [1.29, 1.82) is 0 Å². The summed E-state index contributed by atoms with van der Waals surface area (Å²) < 4.78 is 0. The molecule has 0 aromatic heterocycles. The van der Waals surface area contributed by atoms with E-state index in [0.29, 0.717) is 11.5 Å². The van der Waals surface area contributed by atoms with Crippen LogP contribution >= 0.6 is 0 Å². The minimum atomic E-state index is 0.425. The molecule has 1 aliphatic rings. The first-order chi connectivity index (χ1) is 7.99. The smallest absolute Gasteiger partial charge is 0.0374 e. The first-order valence-corrected chi connectivity index (χ1v) is 6.83. The molecule has 1 aromatic rings. The van der Waals surface area contributed by atoms with Gasteiger partial charge in [-0.05, 0) is 49.3 Å². The standard InChI is InChI=1S/C16H25N/c1-12-8-9-13(2)14(11-12)17-15-7-5-6-10-16(15,3)4/h8-9,11,15,17H,5-7,10H2,1-4H3. The first kappa shape index (κ1) is 12.5. The molecule has 1 N–H and O–H groups in total. The van der Waals surface area contributed by atoms with Crippen LogP contribution in [-0.2, 0) is 0 Å². The van der Waals surface area contributed by atoms with Crippen molar-refractivity contribution in [2.45, 2.75) is 59.4 Å². The number of nitrogens with one attached hydrogen (secondary N) is 1. The molecule has 94 valence electrons. The molecule has 0 spiro atoms. The van der Waals surface area contributed by atoms with Gasteiger partial charge in [0.15, 0.2) is 0 Å². The number of hydrogen-bond donors (Lipinski definition) is 1. The van der Waals surface area contributed by atoms with E-state index in [9.17, 15) is 0 Å². The third-order valence-corrected chi connectivity index (χ3v) is 4.23. The van der Waals surface area contributed by atoms with E-state index in [0.717, 1.165) is 0 Å². The summed E-state index contributed by atoms with van der Waals surface area (Å²) in [6.07, 6.45) is 5.40. The molecule has 0 bridgehead atoms. The topological polar surface area (TPSA) is 12.0 Å². The number of hydrogen-bond acceptors (Lipinski definition) is 1. The highest BCUT2D eigenvalue weighted by molar-refractivity contribution is 5.53. The van der Waals surface area contributed by atoms with Gasteiger partial charge >= 0.3 is 0 Å². The van der Waals surface area contributed by atoms with Gasteiger partial charge in [-0.3, -0.25) is 0 Å². The van der Waals surface area contributed by atoms with Gasteiger partial charge in [0, 0.05) is 11.7 Å². The van der Waals surface area contributed by atoms with Crippen molar-refractivity contribution in [3.8, 4) is 0 Å². The van der Waals surface area contributed by atoms with E-state index in [2.05, 4.69) is 51.2 Å². The summed E-state index contributed by atoms with van der Waals surface area (Å²) in [4.78, 5) is 0. The molecule has 1 saturated carbocycles. The summed E-state index contributed by atoms with van der Waals surface area (Å²) in [5.74, 6) is 0. The fourth-order valence-electron chi connectivity index (χ4n) is 2.84. The van der Waals surface area contributed by atoms with Gasteiger partial charge in [-0.15, -0.1) is 0 Å². The van der Waals surface area contributed by atoms with E-state index in [-0.39, 0.29) is 0 Å². The second-order valence-corrected chi connectivity index (χ2v) is 6.25. The summed E-state index contributed by atoms with van der Waals surface area (Å²) in [6.45, 7) is 9.15. The Bertz CT molecular complexity index is 393. The van der Waals surface area contributed by atoms with E-state index in [4.69, 9.17) is 0 Å². The van der Waals surface area contributed by atoms with Crippen LogP contribution in [0.3, 0.4) is 0 Å². The summed E-state index contributed by atoms with van der Waals surface area (Å²) in [5, 5.41) is 3.78. The molecule has 0 radical (unpaired) electrons. The van der Waals surface area contributed by atoms with Gasteiger partial charge in [0.05, 0.1) is 0 Å². The third kappa shape index (κ3) is 2.83. The van der Waals surface area contributed by atoms with E-state index in [1.807, 2.05) is 0 Å². The van der Waals surface area contributed by atoms with Crippen LogP contribution in [0.15, 0.2) is 18.2 Å². The first-order valence-electron chi connectivity index (χ1n) is 6.83. The van der Waals surface area contributed by atoms with Crippen LogP contribution in [-0.4, -0.2) is 6.04 Å². The second kappa shape index (κ2) is 4.72. The molecule has 0 amide bonds. The zero-order valence-corrected chi connectivity index (χ0v) is 11.6. The fraction of sp³-hybridized carbons (Fsp3) is 0.625. The normalized spacial score (nSPS) is 23.4. The van der Waals surface area contributed by atoms with Crippen molar-refractivity contribution < 1.29 is 0 Å². The van der Waals surface area contributed by atoms with Crippen LogP contribution in [0.1, 0.15) is 50.7 Å². The lowest BCUT2D eigenvalue weighted by atomic mass is 9.73. The van der Waals surface area contributed by atoms with Gasteiger partial charge in [0.1, 0.15) is 0 Å². The van der Waals surface area contributed by atoms with Crippen LogP contribution in [0.25, 0.3) is 0 Å². The largest absolute Gasteiger partial charge is 0.382 e. The molecular weight excluding hydrogens is 206 g/mol. The molecule has 0 aliphatic heterocycles. The van der Waals surface area contributed by atoms with E-state index < -0.39 is 0 Å². The molecule has 1 atom stereocenters. The van der Waals surface area contributed by atoms with E-state index in [1.54, 1.807) is 0 Å². The van der Waals surface area contributed by atoms with E-state index in [1.165, 1.54) is 42.5 Å². The molecule has 1 unspecified atom stereocenters. The predicted octanol–water partition coefficient (Wildman–Crippen LogP) is 4.68. The highest BCUT2D eigenvalue weighted by Crippen LogP contribution is 2.37. The maximum atomic E-state index is 3.78. The molecule has 1 aliphatic carbocycles. The van der Waals surface area contributed by atoms with Crippen molar-refractivity contribution in [3.63, 3.8) is 0 Å². The van der Waals surface area contributed by atoms with Gasteiger partial charge in [0.25, 0.3) is 0 Å². The lowest BCUT2D eigenvalue weighted by molar-refractivity contribution is 0.217. The van der Waals surface area contributed by atoms with Crippen LogP contribution in [0.4, 0.5) is 5.69 Å². The number of rotatable bonds is 2. The van der Waals surface area contributed by atoms with Crippen LogP contribution in [0.5, 0.6) is 0 Å². The van der Waals surface area contributed by atoms with Crippen LogP contribution in [0.2, 0.25) is 0 Å². The van der Waals surface area contributed by atoms with Gasteiger partial charge < -0.3 is 5.32 Å². The van der Waals surface area contributed by atoms with Crippen molar-refractivity contribution in [2.75, 3.05) is 5.32 Å². The maximum absolute atomic E-state index is 3.78. The average molecular weight is 231 g/mol. The summed E-state index contributed by atoms with van der Waals surface area (Å²) in [7, 11) is 0. The fourth-order valence-corrected chi connectivity index (χ4v) is 2.84. The lowest BCUT2D eigenvalue weighted by Crippen LogP contribution is -2.39. The van der Waals surface area contributed by atoms with Gasteiger partial charge in [-0.1, -0.05) is 38.8 Å². The molecule has 1 nitrogen and oxygen atoms in total. The number of anilines is 1. The van der Waals surface area contributed by atoms with Crippen LogP contribution < -0.4 is 5.32 Å². The average Bonchev–Trinajstić information content (AvgIpc) is 2.26. The molecular formula is C16H25N. The van der Waals surface area contributed by atoms with Crippen molar-refractivity contribution in [3.05, 3.63) is 29.3 Å². The zero-order valence-electron chi connectivity index (χ0n) is 11.6. The maximum Gasteiger partial charge on any atom is 0.0374 e. The second-order valence-electron chi connectivity index (χ2n) is 6.25. The molecule has 1 fully saturated rings. The molecule has 0 heterocycles. The minimum absolute atomic E-state index is 0.425. The van der Waals surface area contributed by atoms with Gasteiger partial charge in [0.2, 0.25) is 0 Å². The molecule has 17 heavy (non-hydrogen) atoms. The Morgan fingerprint density at radius 1 is 1.18 bits per heavy atom. The van der Waals surface area contributed by atoms with Crippen LogP contribution in [0, 0.1) is 19.3 Å². The lowest BCUT2D eigenvalue weighted by Gasteiger charge is -2.40. The Labute approximate surface area is 106 Å². The predicted molar refractivity (Wildman–Crippen MR) is 75.6 cm³/mol. The summed E-state index contributed by atoms with van der Waals surface area (Å²) in [5.41, 5.74) is 4.45. The Kier molecular flexibility index (Phi) is 3.46. The quantitative estimate of drug-likeness (QED) is 0.779. The van der Waals surface area contributed by atoms with Crippen molar-refractivity contribution in [2.24, 2.45) is 5.41 Å². The highest BCUT2D eigenvalue weighted by atomic mass is 14.9. The molecule has 0 saturated heterocycles. The van der Waals surface area contributed by atoms with E-state index >= 15 is 0 Å². The summed E-state index contributed by atoms with van der Waals surface area (Å²) >= 11 is 0.